The average Bonchev–Trinajstić information content (AvgIpc) is 2.80. The zero-order valence-electron chi connectivity index (χ0n) is 10.9. The lowest BCUT2D eigenvalue weighted by Gasteiger charge is -2.14. The first kappa shape index (κ1) is 14.6. The molecule has 3 nitrogen and oxygen atoms in total. The summed E-state index contributed by atoms with van der Waals surface area (Å²) in [7, 11) is 0. The van der Waals surface area contributed by atoms with Gasteiger partial charge in [-0.1, -0.05) is 6.92 Å². The van der Waals surface area contributed by atoms with E-state index in [1.54, 1.807) is 0 Å². The maximum Gasteiger partial charge on any atom is 0.0466 e. The van der Waals surface area contributed by atoms with Crippen LogP contribution in [0.25, 0.3) is 0 Å². The minimum atomic E-state index is 0.360. The van der Waals surface area contributed by atoms with Crippen molar-refractivity contribution < 1.29 is 4.74 Å². The number of hydrogen-bond donors (Lipinski definition) is 2. The molecule has 0 amide bonds. The predicted molar refractivity (Wildman–Crippen MR) is 74.2 cm³/mol. The largest absolute Gasteiger partial charge is 0.382 e. The second kappa shape index (κ2) is 8.64. The van der Waals surface area contributed by atoms with Gasteiger partial charge in [0.15, 0.2) is 0 Å². The van der Waals surface area contributed by atoms with Crippen molar-refractivity contribution in [2.75, 3.05) is 13.2 Å². The van der Waals surface area contributed by atoms with Crippen LogP contribution < -0.4 is 11.3 Å². The Labute approximate surface area is 108 Å². The fraction of sp³-hybridized carbons (Fsp3) is 0.692. The minimum absolute atomic E-state index is 0.360. The number of ether oxygens (including phenoxy) is 1. The van der Waals surface area contributed by atoms with E-state index in [-0.39, 0.29) is 0 Å². The van der Waals surface area contributed by atoms with Crippen LogP contribution in [0.15, 0.2) is 12.1 Å². The Morgan fingerprint density at radius 2 is 2.12 bits per heavy atom. The molecule has 0 aromatic carbocycles. The predicted octanol–water partition coefficient (Wildman–Crippen LogP) is 2.50. The SMILES string of the molecule is CCOCCCC(Cc1ccc(CC)s1)NN. The molecule has 0 fully saturated rings. The first-order valence-electron chi connectivity index (χ1n) is 6.41. The molecule has 1 rings (SSSR count). The third kappa shape index (κ3) is 5.64. The van der Waals surface area contributed by atoms with Crippen LogP contribution in [-0.4, -0.2) is 19.3 Å². The van der Waals surface area contributed by atoms with Gasteiger partial charge in [0.1, 0.15) is 0 Å². The average molecular weight is 256 g/mol. The van der Waals surface area contributed by atoms with E-state index < -0.39 is 0 Å². The molecule has 0 saturated heterocycles. The van der Waals surface area contributed by atoms with E-state index in [4.69, 9.17) is 10.6 Å². The van der Waals surface area contributed by atoms with Crippen molar-refractivity contribution in [3.05, 3.63) is 21.9 Å². The Kier molecular flexibility index (Phi) is 7.44. The summed E-state index contributed by atoms with van der Waals surface area (Å²) in [5.74, 6) is 5.59. The molecule has 0 saturated carbocycles. The molecule has 1 aromatic heterocycles. The Hall–Kier alpha value is -0.420. The molecular weight excluding hydrogens is 232 g/mol. The molecule has 1 aromatic rings. The highest BCUT2D eigenvalue weighted by Crippen LogP contribution is 2.19. The van der Waals surface area contributed by atoms with E-state index in [2.05, 4.69) is 24.5 Å². The Balaban J connectivity index is 2.30. The Bertz CT molecular complexity index is 301. The number of nitrogens with two attached hydrogens (primary N) is 1. The molecule has 0 spiro atoms. The summed E-state index contributed by atoms with van der Waals surface area (Å²) in [6.07, 6.45) is 4.27. The molecule has 0 aliphatic rings. The molecule has 1 atom stereocenters. The van der Waals surface area contributed by atoms with Gasteiger partial charge in [0, 0.05) is 29.0 Å². The van der Waals surface area contributed by atoms with Gasteiger partial charge < -0.3 is 4.74 Å². The fourth-order valence-corrected chi connectivity index (χ4v) is 2.82. The van der Waals surface area contributed by atoms with Gasteiger partial charge in [-0.05, 0) is 44.7 Å². The smallest absolute Gasteiger partial charge is 0.0466 e. The maximum atomic E-state index is 5.59. The summed E-state index contributed by atoms with van der Waals surface area (Å²) in [6, 6.07) is 4.79. The second-order valence-electron chi connectivity index (χ2n) is 4.13. The van der Waals surface area contributed by atoms with Gasteiger partial charge in [-0.15, -0.1) is 11.3 Å². The van der Waals surface area contributed by atoms with Crippen molar-refractivity contribution in [3.63, 3.8) is 0 Å². The molecule has 98 valence electrons. The van der Waals surface area contributed by atoms with E-state index in [0.717, 1.165) is 38.9 Å². The summed E-state index contributed by atoms with van der Waals surface area (Å²) in [5, 5.41) is 0. The van der Waals surface area contributed by atoms with E-state index >= 15 is 0 Å². The summed E-state index contributed by atoms with van der Waals surface area (Å²) in [5.41, 5.74) is 2.91. The molecule has 0 bridgehead atoms. The van der Waals surface area contributed by atoms with Crippen molar-refractivity contribution in [1.82, 2.24) is 5.43 Å². The van der Waals surface area contributed by atoms with E-state index in [9.17, 15) is 0 Å². The Morgan fingerprint density at radius 1 is 1.35 bits per heavy atom. The van der Waals surface area contributed by atoms with E-state index in [1.807, 2.05) is 18.3 Å². The summed E-state index contributed by atoms with van der Waals surface area (Å²) < 4.78 is 5.33. The normalized spacial score (nSPS) is 12.9. The highest BCUT2D eigenvalue weighted by atomic mass is 32.1. The van der Waals surface area contributed by atoms with Gasteiger partial charge in [0.25, 0.3) is 0 Å². The van der Waals surface area contributed by atoms with Crippen LogP contribution in [0, 0.1) is 0 Å². The van der Waals surface area contributed by atoms with Crippen LogP contribution in [0.4, 0.5) is 0 Å². The van der Waals surface area contributed by atoms with Crippen LogP contribution >= 0.6 is 11.3 Å². The molecule has 17 heavy (non-hydrogen) atoms. The zero-order chi connectivity index (χ0) is 12.5. The number of thiophene rings is 1. The summed E-state index contributed by atoms with van der Waals surface area (Å²) >= 11 is 1.89. The highest BCUT2D eigenvalue weighted by molar-refractivity contribution is 7.11. The van der Waals surface area contributed by atoms with Crippen LogP contribution in [-0.2, 0) is 17.6 Å². The van der Waals surface area contributed by atoms with Crippen LogP contribution in [0.1, 0.15) is 36.4 Å². The number of aryl methyl sites for hydroxylation is 1. The topological polar surface area (TPSA) is 47.3 Å². The first-order chi connectivity index (χ1) is 8.30. The van der Waals surface area contributed by atoms with Crippen molar-refractivity contribution in [3.8, 4) is 0 Å². The second-order valence-corrected chi connectivity index (χ2v) is 5.38. The van der Waals surface area contributed by atoms with Gasteiger partial charge in [0.2, 0.25) is 0 Å². The third-order valence-corrected chi connectivity index (χ3v) is 4.05. The maximum absolute atomic E-state index is 5.59. The van der Waals surface area contributed by atoms with Crippen LogP contribution in [0.2, 0.25) is 0 Å². The van der Waals surface area contributed by atoms with Gasteiger partial charge >= 0.3 is 0 Å². The quantitative estimate of drug-likeness (QED) is 0.405. The van der Waals surface area contributed by atoms with Crippen LogP contribution in [0.5, 0.6) is 0 Å². The fourth-order valence-electron chi connectivity index (χ4n) is 1.79. The Morgan fingerprint density at radius 3 is 2.71 bits per heavy atom. The van der Waals surface area contributed by atoms with Crippen molar-refractivity contribution in [2.24, 2.45) is 5.84 Å². The minimum Gasteiger partial charge on any atom is -0.382 e. The lowest BCUT2D eigenvalue weighted by atomic mass is 10.1. The molecule has 4 heteroatoms. The van der Waals surface area contributed by atoms with Gasteiger partial charge in [-0.2, -0.15) is 0 Å². The van der Waals surface area contributed by atoms with Crippen molar-refractivity contribution >= 4 is 11.3 Å². The zero-order valence-corrected chi connectivity index (χ0v) is 11.7. The summed E-state index contributed by atoms with van der Waals surface area (Å²) in [6.45, 7) is 5.85. The number of hydrogen-bond acceptors (Lipinski definition) is 4. The molecule has 1 unspecified atom stereocenters. The monoisotopic (exact) mass is 256 g/mol. The number of hydrazine groups is 1. The van der Waals surface area contributed by atoms with Gasteiger partial charge in [-0.3, -0.25) is 11.3 Å². The molecule has 3 N–H and O–H groups in total. The number of rotatable bonds is 9. The standard InChI is InChI=1S/C13H24N2OS/c1-3-12-7-8-13(17-12)10-11(15-14)6-5-9-16-4-2/h7-8,11,15H,3-6,9-10,14H2,1-2H3. The van der Waals surface area contributed by atoms with Crippen LogP contribution in [0.3, 0.4) is 0 Å². The molecule has 1 heterocycles. The highest BCUT2D eigenvalue weighted by Gasteiger charge is 2.09. The first-order valence-corrected chi connectivity index (χ1v) is 7.23. The third-order valence-electron chi connectivity index (χ3n) is 2.79. The van der Waals surface area contributed by atoms with E-state index in [0.29, 0.717) is 6.04 Å². The lowest BCUT2D eigenvalue weighted by Crippen LogP contribution is -2.36. The summed E-state index contributed by atoms with van der Waals surface area (Å²) in [4.78, 5) is 2.87. The van der Waals surface area contributed by atoms with Crippen molar-refractivity contribution in [1.29, 1.82) is 0 Å². The number of nitrogens with one attached hydrogen (secondary N) is 1. The van der Waals surface area contributed by atoms with Crippen molar-refractivity contribution in [2.45, 2.75) is 45.6 Å². The molecule has 0 radical (unpaired) electrons. The molecular formula is C13H24N2OS. The van der Waals surface area contributed by atoms with Gasteiger partial charge in [-0.25, -0.2) is 0 Å². The lowest BCUT2D eigenvalue weighted by molar-refractivity contribution is 0.141. The molecule has 0 aliphatic heterocycles. The van der Waals surface area contributed by atoms with E-state index in [1.165, 1.54) is 9.75 Å². The molecule has 0 aliphatic carbocycles. The van der Waals surface area contributed by atoms with Gasteiger partial charge in [0.05, 0.1) is 0 Å².